The molecule has 0 saturated heterocycles. The molecule has 1 aliphatic heterocycles. The summed E-state index contributed by atoms with van der Waals surface area (Å²) in [5.74, 6) is 0.529. The standard InChI is InChI=1S/C19H18N4O2S2/c1-3-20-19-23(21-9-14-6-4-12(2)27-14)16(11-26-19)13-5-7-17-15(8-13)22-18(24)10-25-17/h4-9,11H,3,10H2,1-2H3,(H,22,24). The number of aryl methyl sites for hydroxylation is 1. The van der Waals surface area contributed by atoms with Crippen molar-refractivity contribution in [1.29, 1.82) is 0 Å². The molecule has 1 aromatic carbocycles. The molecule has 0 saturated carbocycles. The number of nitrogens with one attached hydrogen (secondary N) is 1. The second-order valence-corrected chi connectivity index (χ2v) is 8.09. The normalized spacial score (nSPS) is 14.3. The first kappa shape index (κ1) is 17.7. The molecule has 27 heavy (non-hydrogen) atoms. The van der Waals surface area contributed by atoms with Crippen LogP contribution in [0.1, 0.15) is 16.7 Å². The third kappa shape index (κ3) is 3.72. The van der Waals surface area contributed by atoms with Crippen molar-refractivity contribution in [3.05, 3.63) is 50.3 Å². The molecule has 3 aromatic rings. The minimum absolute atomic E-state index is 0.0504. The van der Waals surface area contributed by atoms with Crippen LogP contribution in [0.2, 0.25) is 0 Å². The zero-order chi connectivity index (χ0) is 18.8. The van der Waals surface area contributed by atoms with Crippen molar-refractivity contribution in [2.45, 2.75) is 13.8 Å². The van der Waals surface area contributed by atoms with Gasteiger partial charge in [0.1, 0.15) is 5.75 Å². The highest BCUT2D eigenvalue weighted by molar-refractivity contribution is 7.13. The van der Waals surface area contributed by atoms with Crippen molar-refractivity contribution in [2.75, 3.05) is 18.5 Å². The van der Waals surface area contributed by atoms with Crippen LogP contribution in [-0.2, 0) is 4.79 Å². The van der Waals surface area contributed by atoms with E-state index in [1.165, 1.54) is 4.88 Å². The van der Waals surface area contributed by atoms with E-state index in [2.05, 4.69) is 34.5 Å². The van der Waals surface area contributed by atoms with Gasteiger partial charge in [-0.1, -0.05) is 0 Å². The predicted molar refractivity (Wildman–Crippen MR) is 110 cm³/mol. The summed E-state index contributed by atoms with van der Waals surface area (Å²) >= 11 is 3.24. The zero-order valence-corrected chi connectivity index (χ0v) is 16.6. The molecule has 0 aliphatic carbocycles. The Bertz CT molecular complexity index is 1090. The van der Waals surface area contributed by atoms with E-state index in [1.54, 1.807) is 22.7 Å². The van der Waals surface area contributed by atoms with E-state index >= 15 is 0 Å². The lowest BCUT2D eigenvalue weighted by Gasteiger charge is -2.18. The van der Waals surface area contributed by atoms with Crippen LogP contribution in [0.5, 0.6) is 5.75 Å². The fourth-order valence-corrected chi connectivity index (χ4v) is 4.38. The molecule has 6 nitrogen and oxygen atoms in total. The summed E-state index contributed by atoms with van der Waals surface area (Å²) in [7, 11) is 0. The van der Waals surface area contributed by atoms with Gasteiger partial charge in [0, 0.05) is 27.2 Å². The Hall–Kier alpha value is -2.71. The first-order valence-electron chi connectivity index (χ1n) is 8.53. The lowest BCUT2D eigenvalue weighted by Crippen LogP contribution is -2.25. The van der Waals surface area contributed by atoms with Crippen molar-refractivity contribution in [2.24, 2.45) is 10.1 Å². The largest absolute Gasteiger partial charge is 0.482 e. The lowest BCUT2D eigenvalue weighted by molar-refractivity contribution is -0.118. The molecule has 138 valence electrons. The quantitative estimate of drug-likeness (QED) is 0.681. The van der Waals surface area contributed by atoms with Gasteiger partial charge in [-0.2, -0.15) is 5.10 Å². The molecule has 2 aromatic heterocycles. The van der Waals surface area contributed by atoms with Crippen LogP contribution in [0.3, 0.4) is 0 Å². The van der Waals surface area contributed by atoms with Gasteiger partial charge in [0.15, 0.2) is 6.61 Å². The molecule has 0 atom stereocenters. The highest BCUT2D eigenvalue weighted by Crippen LogP contribution is 2.32. The molecule has 1 N–H and O–H groups in total. The van der Waals surface area contributed by atoms with E-state index in [0.717, 1.165) is 20.9 Å². The van der Waals surface area contributed by atoms with Crippen LogP contribution in [-0.4, -0.2) is 29.9 Å². The van der Waals surface area contributed by atoms with Crippen LogP contribution in [0, 0.1) is 6.92 Å². The Kier molecular flexibility index (Phi) is 4.91. The Labute approximate surface area is 164 Å². The number of thiazole rings is 1. The van der Waals surface area contributed by atoms with Gasteiger partial charge >= 0.3 is 0 Å². The summed E-state index contributed by atoms with van der Waals surface area (Å²) < 4.78 is 7.29. The van der Waals surface area contributed by atoms with E-state index in [1.807, 2.05) is 41.4 Å². The number of carbonyl (C=O) groups excluding carboxylic acids is 1. The van der Waals surface area contributed by atoms with Crippen LogP contribution >= 0.6 is 22.7 Å². The van der Waals surface area contributed by atoms with Gasteiger partial charge in [-0.05, 0) is 44.2 Å². The summed E-state index contributed by atoms with van der Waals surface area (Å²) in [6.45, 7) is 4.81. The summed E-state index contributed by atoms with van der Waals surface area (Å²) in [5, 5.41) is 9.55. The SMILES string of the molecule is CCN=c1scc(-c2ccc3c(c2)NC(=O)CO3)n1N=Cc1ccc(C)s1. The average Bonchev–Trinajstić information content (AvgIpc) is 3.25. The first-order valence-corrected chi connectivity index (χ1v) is 10.2. The molecule has 0 fully saturated rings. The maximum atomic E-state index is 11.6. The van der Waals surface area contributed by atoms with E-state index in [-0.39, 0.29) is 12.5 Å². The molecule has 0 spiro atoms. The topological polar surface area (TPSA) is 68.0 Å². The third-order valence-electron chi connectivity index (χ3n) is 3.95. The van der Waals surface area contributed by atoms with Crippen molar-refractivity contribution in [1.82, 2.24) is 4.68 Å². The summed E-state index contributed by atoms with van der Waals surface area (Å²) in [6, 6.07) is 9.88. The number of hydrogen-bond donors (Lipinski definition) is 1. The average molecular weight is 399 g/mol. The second kappa shape index (κ2) is 7.50. The van der Waals surface area contributed by atoms with Gasteiger partial charge < -0.3 is 10.1 Å². The Balaban J connectivity index is 1.77. The van der Waals surface area contributed by atoms with Crippen molar-refractivity contribution in [3.8, 4) is 17.0 Å². The summed E-state index contributed by atoms with van der Waals surface area (Å²) in [5.41, 5.74) is 2.53. The fourth-order valence-electron chi connectivity index (χ4n) is 2.73. The van der Waals surface area contributed by atoms with Crippen LogP contribution in [0.25, 0.3) is 11.3 Å². The highest BCUT2D eigenvalue weighted by Gasteiger charge is 2.17. The smallest absolute Gasteiger partial charge is 0.262 e. The van der Waals surface area contributed by atoms with Crippen LogP contribution < -0.4 is 14.9 Å². The maximum absolute atomic E-state index is 11.6. The number of ether oxygens (including phenoxy) is 1. The van der Waals surface area contributed by atoms with Crippen LogP contribution in [0.4, 0.5) is 5.69 Å². The number of hydrogen-bond acceptors (Lipinski definition) is 6. The third-order valence-corrected chi connectivity index (χ3v) is 5.74. The van der Waals surface area contributed by atoms with Gasteiger partial charge in [0.05, 0.1) is 17.6 Å². The van der Waals surface area contributed by atoms with Gasteiger partial charge in [-0.15, -0.1) is 22.7 Å². The fraction of sp³-hybridized carbons (Fsp3) is 0.211. The Morgan fingerprint density at radius 3 is 3.00 bits per heavy atom. The predicted octanol–water partition coefficient (Wildman–Crippen LogP) is 3.72. The van der Waals surface area contributed by atoms with Gasteiger partial charge in [-0.3, -0.25) is 9.79 Å². The molecule has 0 radical (unpaired) electrons. The summed E-state index contributed by atoms with van der Waals surface area (Å²) in [4.78, 5) is 19.3. The minimum Gasteiger partial charge on any atom is -0.482 e. The van der Waals surface area contributed by atoms with E-state index in [9.17, 15) is 4.79 Å². The molecule has 1 aliphatic rings. The molecule has 1 amide bonds. The van der Waals surface area contributed by atoms with E-state index < -0.39 is 0 Å². The summed E-state index contributed by atoms with van der Waals surface area (Å²) in [6.07, 6.45) is 1.85. The monoisotopic (exact) mass is 398 g/mol. The van der Waals surface area contributed by atoms with Gasteiger partial charge in [0.2, 0.25) is 4.80 Å². The van der Waals surface area contributed by atoms with Crippen molar-refractivity contribution < 1.29 is 9.53 Å². The number of fused-ring (bicyclic) bond motifs is 1. The molecule has 4 rings (SSSR count). The number of thiophene rings is 1. The minimum atomic E-state index is -0.148. The van der Waals surface area contributed by atoms with Gasteiger partial charge in [0.25, 0.3) is 5.91 Å². The molecule has 0 unspecified atom stereocenters. The number of rotatable bonds is 4. The van der Waals surface area contributed by atoms with Crippen molar-refractivity contribution in [3.63, 3.8) is 0 Å². The number of carbonyl (C=O) groups is 1. The van der Waals surface area contributed by atoms with E-state index in [4.69, 9.17) is 4.74 Å². The molecule has 0 bridgehead atoms. The van der Waals surface area contributed by atoms with Gasteiger partial charge in [-0.25, -0.2) is 4.68 Å². The number of benzene rings is 1. The molecule has 3 heterocycles. The first-order chi connectivity index (χ1) is 13.1. The zero-order valence-electron chi connectivity index (χ0n) is 14.9. The lowest BCUT2D eigenvalue weighted by atomic mass is 10.1. The molecule has 8 heteroatoms. The number of aromatic nitrogens is 1. The second-order valence-electron chi connectivity index (χ2n) is 5.93. The number of anilines is 1. The molecular formula is C19H18N4O2S2. The highest BCUT2D eigenvalue weighted by atomic mass is 32.1. The Morgan fingerprint density at radius 2 is 2.22 bits per heavy atom. The number of amides is 1. The van der Waals surface area contributed by atoms with E-state index in [0.29, 0.717) is 18.0 Å². The number of nitrogens with zero attached hydrogens (tertiary/aromatic N) is 3. The Morgan fingerprint density at radius 1 is 1.33 bits per heavy atom. The van der Waals surface area contributed by atoms with Crippen LogP contribution in [0.15, 0.2) is 45.8 Å². The maximum Gasteiger partial charge on any atom is 0.262 e. The van der Waals surface area contributed by atoms with Crippen molar-refractivity contribution >= 4 is 40.5 Å². The molecular weight excluding hydrogens is 380 g/mol.